The summed E-state index contributed by atoms with van der Waals surface area (Å²) in [6.07, 6.45) is 2.55. The van der Waals surface area contributed by atoms with Gasteiger partial charge in [0.05, 0.1) is 13.2 Å². The first kappa shape index (κ1) is 17.7. The first-order valence-corrected chi connectivity index (χ1v) is 7.11. The van der Waals surface area contributed by atoms with Crippen LogP contribution in [0.25, 0.3) is 0 Å². The van der Waals surface area contributed by atoms with E-state index in [1.807, 2.05) is 27.7 Å². The third kappa shape index (κ3) is 9.33. The van der Waals surface area contributed by atoms with Crippen LogP contribution in [-0.4, -0.2) is 31.3 Å². The summed E-state index contributed by atoms with van der Waals surface area (Å²) in [5.41, 5.74) is 0. The largest absolute Gasteiger partial charge is 0.464 e. The van der Waals surface area contributed by atoms with Crippen molar-refractivity contribution in [3.8, 4) is 0 Å². The van der Waals surface area contributed by atoms with Gasteiger partial charge in [-0.25, -0.2) is 9.59 Å². The number of alkyl carbamates (subject to hydrolysis) is 1. The van der Waals surface area contributed by atoms with Gasteiger partial charge in [-0.05, 0) is 25.2 Å². The zero-order valence-corrected chi connectivity index (χ0v) is 12.5. The van der Waals surface area contributed by atoms with Gasteiger partial charge in [0.25, 0.3) is 0 Å². The van der Waals surface area contributed by atoms with E-state index in [0.717, 1.165) is 19.3 Å². The van der Waals surface area contributed by atoms with Crippen molar-refractivity contribution in [3.63, 3.8) is 0 Å². The van der Waals surface area contributed by atoms with Crippen LogP contribution >= 0.6 is 0 Å². The number of hydrogen-bond donors (Lipinski definition) is 1. The second-order valence-electron chi connectivity index (χ2n) is 4.98. The second-order valence-corrected chi connectivity index (χ2v) is 4.98. The Bertz CT molecular complexity index is 266. The number of carbonyl (C=O) groups is 2. The highest BCUT2D eigenvalue weighted by atomic mass is 16.6. The van der Waals surface area contributed by atoms with Gasteiger partial charge in [-0.1, -0.05) is 34.1 Å². The van der Waals surface area contributed by atoms with Crippen LogP contribution in [0, 0.1) is 5.92 Å². The summed E-state index contributed by atoms with van der Waals surface area (Å²) < 4.78 is 10.1. The third-order valence-corrected chi connectivity index (χ3v) is 2.46. The average molecular weight is 273 g/mol. The molecule has 112 valence electrons. The molecule has 0 heterocycles. The van der Waals surface area contributed by atoms with Crippen LogP contribution in [0.5, 0.6) is 0 Å². The number of esters is 1. The number of ether oxygens (including phenoxy) is 2. The number of rotatable bonds is 9. The predicted octanol–water partition coefficient (Wildman–Crippen LogP) is 2.88. The molecule has 0 aliphatic carbocycles. The first-order valence-electron chi connectivity index (χ1n) is 7.11. The molecule has 0 aliphatic rings. The molecule has 1 amide bonds. The van der Waals surface area contributed by atoms with E-state index in [1.165, 1.54) is 0 Å². The third-order valence-electron chi connectivity index (χ3n) is 2.46. The van der Waals surface area contributed by atoms with Gasteiger partial charge in [0.2, 0.25) is 0 Å². The number of carbonyl (C=O) groups excluding carboxylic acids is 2. The van der Waals surface area contributed by atoms with Crippen LogP contribution in [0.15, 0.2) is 0 Å². The molecule has 0 spiro atoms. The van der Waals surface area contributed by atoms with Gasteiger partial charge in [0.15, 0.2) is 0 Å². The van der Waals surface area contributed by atoms with Gasteiger partial charge in [0.1, 0.15) is 6.04 Å². The molecule has 5 nitrogen and oxygen atoms in total. The zero-order valence-electron chi connectivity index (χ0n) is 12.5. The number of amides is 1. The van der Waals surface area contributed by atoms with Crippen LogP contribution in [0.2, 0.25) is 0 Å². The van der Waals surface area contributed by atoms with E-state index in [-0.39, 0.29) is 11.9 Å². The minimum absolute atomic E-state index is 0.287. The molecule has 0 aromatic carbocycles. The highest BCUT2D eigenvalue weighted by molar-refractivity contribution is 5.81. The fourth-order valence-corrected chi connectivity index (χ4v) is 1.48. The maximum absolute atomic E-state index is 11.9. The summed E-state index contributed by atoms with van der Waals surface area (Å²) in [4.78, 5) is 23.4. The molecular formula is C14H27NO4. The summed E-state index contributed by atoms with van der Waals surface area (Å²) in [5.74, 6) is -0.0919. The molecule has 1 atom stereocenters. The Labute approximate surface area is 116 Å². The van der Waals surface area contributed by atoms with Crippen LogP contribution in [0.1, 0.15) is 53.4 Å². The molecule has 19 heavy (non-hydrogen) atoms. The van der Waals surface area contributed by atoms with Crippen molar-refractivity contribution in [2.45, 2.75) is 59.4 Å². The quantitative estimate of drug-likeness (QED) is 0.518. The maximum Gasteiger partial charge on any atom is 0.407 e. The molecule has 0 rings (SSSR count). The minimum atomic E-state index is -0.624. The SMILES string of the molecule is CCCCOC(=O)[C@H](CC(C)C)NC(=O)OCCC. The van der Waals surface area contributed by atoms with E-state index in [4.69, 9.17) is 9.47 Å². The Morgan fingerprint density at radius 1 is 1.05 bits per heavy atom. The van der Waals surface area contributed by atoms with E-state index in [9.17, 15) is 9.59 Å². The molecule has 0 unspecified atom stereocenters. The average Bonchev–Trinajstić information content (AvgIpc) is 2.35. The Morgan fingerprint density at radius 3 is 2.26 bits per heavy atom. The van der Waals surface area contributed by atoms with E-state index >= 15 is 0 Å². The standard InChI is InChI=1S/C14H27NO4/c1-5-7-9-18-13(16)12(10-11(3)4)15-14(17)19-8-6-2/h11-12H,5-10H2,1-4H3,(H,15,17)/t12-/m0/s1. The molecule has 0 aromatic rings. The van der Waals surface area contributed by atoms with Gasteiger partial charge in [0, 0.05) is 0 Å². The van der Waals surface area contributed by atoms with Crippen molar-refractivity contribution < 1.29 is 19.1 Å². The number of unbranched alkanes of at least 4 members (excludes halogenated alkanes) is 1. The van der Waals surface area contributed by atoms with Gasteiger partial charge < -0.3 is 14.8 Å². The van der Waals surface area contributed by atoms with Gasteiger partial charge in [-0.3, -0.25) is 0 Å². The summed E-state index contributed by atoms with van der Waals surface area (Å²) in [7, 11) is 0. The fraction of sp³-hybridized carbons (Fsp3) is 0.857. The summed E-state index contributed by atoms with van der Waals surface area (Å²) in [6, 6.07) is -0.624. The molecule has 0 bridgehead atoms. The molecule has 0 aromatic heterocycles. The molecule has 0 aliphatic heterocycles. The summed E-state index contributed by atoms with van der Waals surface area (Å²) >= 11 is 0. The Kier molecular flexibility index (Phi) is 9.94. The smallest absolute Gasteiger partial charge is 0.407 e. The van der Waals surface area contributed by atoms with Crippen LogP contribution in [0.4, 0.5) is 4.79 Å². The molecule has 0 radical (unpaired) electrons. The molecular weight excluding hydrogens is 246 g/mol. The van der Waals surface area contributed by atoms with Crippen molar-refractivity contribution >= 4 is 12.1 Å². The van der Waals surface area contributed by atoms with Crippen LogP contribution < -0.4 is 5.32 Å². The van der Waals surface area contributed by atoms with Gasteiger partial charge in [-0.15, -0.1) is 0 Å². The van der Waals surface area contributed by atoms with Crippen molar-refractivity contribution in [1.82, 2.24) is 5.32 Å². The molecule has 0 saturated heterocycles. The lowest BCUT2D eigenvalue weighted by Crippen LogP contribution is -2.43. The van der Waals surface area contributed by atoms with Crippen molar-refractivity contribution in [1.29, 1.82) is 0 Å². The lowest BCUT2D eigenvalue weighted by molar-refractivity contribution is -0.146. The van der Waals surface area contributed by atoms with Gasteiger partial charge in [-0.2, -0.15) is 0 Å². The van der Waals surface area contributed by atoms with E-state index < -0.39 is 12.1 Å². The van der Waals surface area contributed by atoms with Crippen molar-refractivity contribution in [2.24, 2.45) is 5.92 Å². The zero-order chi connectivity index (χ0) is 14.7. The molecule has 1 N–H and O–H groups in total. The van der Waals surface area contributed by atoms with E-state index in [1.54, 1.807) is 0 Å². The summed E-state index contributed by atoms with van der Waals surface area (Å²) in [6.45, 7) is 8.68. The first-order chi connectivity index (χ1) is 9.01. The fourth-order valence-electron chi connectivity index (χ4n) is 1.48. The number of hydrogen-bond acceptors (Lipinski definition) is 4. The predicted molar refractivity (Wildman–Crippen MR) is 73.9 cm³/mol. The van der Waals surface area contributed by atoms with Crippen LogP contribution in [0.3, 0.4) is 0 Å². The number of nitrogens with one attached hydrogen (secondary N) is 1. The normalized spacial score (nSPS) is 12.1. The second kappa shape index (κ2) is 10.6. The highest BCUT2D eigenvalue weighted by Gasteiger charge is 2.23. The lowest BCUT2D eigenvalue weighted by Gasteiger charge is -2.19. The molecule has 5 heteroatoms. The Balaban J connectivity index is 4.27. The molecule has 0 saturated carbocycles. The Morgan fingerprint density at radius 2 is 1.74 bits per heavy atom. The summed E-state index contributed by atoms with van der Waals surface area (Å²) in [5, 5.41) is 2.57. The van der Waals surface area contributed by atoms with Crippen LogP contribution in [-0.2, 0) is 14.3 Å². The Hall–Kier alpha value is -1.26. The van der Waals surface area contributed by atoms with Crippen molar-refractivity contribution in [2.75, 3.05) is 13.2 Å². The lowest BCUT2D eigenvalue weighted by atomic mass is 10.0. The van der Waals surface area contributed by atoms with E-state index in [2.05, 4.69) is 5.32 Å². The topological polar surface area (TPSA) is 64.6 Å². The minimum Gasteiger partial charge on any atom is -0.464 e. The molecule has 0 fully saturated rings. The maximum atomic E-state index is 11.9. The monoisotopic (exact) mass is 273 g/mol. The van der Waals surface area contributed by atoms with E-state index in [0.29, 0.717) is 19.6 Å². The highest BCUT2D eigenvalue weighted by Crippen LogP contribution is 2.07. The van der Waals surface area contributed by atoms with Crippen molar-refractivity contribution in [3.05, 3.63) is 0 Å². The van der Waals surface area contributed by atoms with Gasteiger partial charge >= 0.3 is 12.1 Å².